The molecular formula is C32H28F6N10O2. The third-order valence-corrected chi connectivity index (χ3v) is 8.18. The van der Waals surface area contributed by atoms with Gasteiger partial charge in [-0.25, -0.2) is 65.6 Å². The second-order valence-corrected chi connectivity index (χ2v) is 11.2. The second-order valence-electron chi connectivity index (χ2n) is 11.2. The quantitative estimate of drug-likeness (QED) is 0.198. The first-order chi connectivity index (χ1) is 23.8. The Hall–Kier alpha value is -5.62. The molecule has 0 radical (unpaired) electrons. The molecule has 0 amide bonds. The fourth-order valence-electron chi connectivity index (χ4n) is 5.45. The maximum atomic E-state index is 14.4. The van der Waals surface area contributed by atoms with Crippen LogP contribution in [0, 0.1) is 34.9 Å². The van der Waals surface area contributed by atoms with Crippen LogP contribution in [0.5, 0.6) is 0 Å². The van der Waals surface area contributed by atoms with Crippen molar-refractivity contribution in [3.8, 4) is 0 Å². The van der Waals surface area contributed by atoms with Gasteiger partial charge in [-0.15, -0.1) is 0 Å². The molecule has 0 unspecified atom stereocenters. The molecule has 6 rings (SSSR count). The minimum atomic E-state index is -1.96. The van der Waals surface area contributed by atoms with Gasteiger partial charge in [0.1, 0.15) is 72.4 Å². The number of aromatic nitrogens is 10. The van der Waals surface area contributed by atoms with Crippen molar-refractivity contribution >= 4 is 0 Å². The van der Waals surface area contributed by atoms with Gasteiger partial charge in [-0.1, -0.05) is 26.0 Å². The SMILES string of the molecule is C[C@@H](c1ncncc1F)[C@](O)(Cn1cncn1)c1ccc(F)cc1F.C[C@H](c1ncncc1F)[C@@](O)(Cn1cncn1)c1ccc(F)cc1F. The van der Waals surface area contributed by atoms with Crippen LogP contribution in [0.4, 0.5) is 26.3 Å². The Morgan fingerprint density at radius 1 is 0.580 bits per heavy atom. The van der Waals surface area contributed by atoms with Crippen molar-refractivity contribution in [3.63, 3.8) is 0 Å². The number of hydrogen-bond donors (Lipinski definition) is 2. The average Bonchev–Trinajstić information content (AvgIpc) is 3.79. The summed E-state index contributed by atoms with van der Waals surface area (Å²) in [5.41, 5.74) is -4.51. The average molecular weight is 699 g/mol. The highest BCUT2D eigenvalue weighted by atomic mass is 19.2. The number of aliphatic hydroxyl groups is 2. The highest BCUT2D eigenvalue weighted by molar-refractivity contribution is 5.31. The van der Waals surface area contributed by atoms with E-state index in [2.05, 4.69) is 40.1 Å². The Morgan fingerprint density at radius 3 is 1.30 bits per heavy atom. The van der Waals surface area contributed by atoms with E-state index in [0.29, 0.717) is 12.1 Å². The van der Waals surface area contributed by atoms with E-state index < -0.39 is 57.9 Å². The first-order valence-corrected chi connectivity index (χ1v) is 14.7. The molecule has 4 aromatic heterocycles. The smallest absolute Gasteiger partial charge is 0.163 e. The molecule has 0 bridgehead atoms. The molecular weight excluding hydrogens is 670 g/mol. The largest absolute Gasteiger partial charge is 0.382 e. The molecule has 4 atom stereocenters. The highest BCUT2D eigenvalue weighted by Gasteiger charge is 2.43. The summed E-state index contributed by atoms with van der Waals surface area (Å²) in [6, 6.07) is 5.60. The van der Waals surface area contributed by atoms with E-state index in [1.54, 1.807) is 0 Å². The third kappa shape index (κ3) is 7.50. The molecule has 2 N–H and O–H groups in total. The van der Waals surface area contributed by atoms with Gasteiger partial charge in [0.15, 0.2) is 11.6 Å². The molecule has 0 aliphatic rings. The van der Waals surface area contributed by atoms with Crippen molar-refractivity contribution in [2.24, 2.45) is 0 Å². The van der Waals surface area contributed by atoms with Crippen molar-refractivity contribution in [3.05, 3.63) is 144 Å². The van der Waals surface area contributed by atoms with E-state index >= 15 is 0 Å². The molecule has 0 saturated carbocycles. The zero-order valence-corrected chi connectivity index (χ0v) is 26.3. The molecule has 4 heterocycles. The molecule has 0 fully saturated rings. The van der Waals surface area contributed by atoms with Gasteiger partial charge < -0.3 is 10.2 Å². The van der Waals surface area contributed by atoms with Gasteiger partial charge in [0.05, 0.1) is 36.9 Å². The lowest BCUT2D eigenvalue weighted by Gasteiger charge is -2.34. The standard InChI is InChI=1S/2C16H14F3N5O/c2*1-10(15-14(19)5-20-7-22-15)16(25,6-24-9-21-8-23-24)12-3-2-11(17)4-13(12)18/h2*2-5,7-10,25H,6H2,1H3/t2*10-,16+/m10/s1. The summed E-state index contributed by atoms with van der Waals surface area (Å²) in [7, 11) is 0. The normalized spacial score (nSPS) is 14.9. The summed E-state index contributed by atoms with van der Waals surface area (Å²) in [4.78, 5) is 22.4. The van der Waals surface area contributed by atoms with Gasteiger partial charge >= 0.3 is 0 Å². The fourth-order valence-corrected chi connectivity index (χ4v) is 5.45. The third-order valence-electron chi connectivity index (χ3n) is 8.18. The van der Waals surface area contributed by atoms with Gasteiger partial charge in [0.2, 0.25) is 0 Å². The van der Waals surface area contributed by atoms with E-state index in [1.807, 2.05) is 0 Å². The second kappa shape index (κ2) is 14.9. The maximum absolute atomic E-state index is 14.4. The van der Waals surface area contributed by atoms with E-state index in [0.717, 1.165) is 49.3 Å². The van der Waals surface area contributed by atoms with Crippen LogP contribution in [-0.2, 0) is 24.3 Å². The van der Waals surface area contributed by atoms with Crippen molar-refractivity contribution in [1.29, 1.82) is 0 Å². The molecule has 0 aliphatic carbocycles. The van der Waals surface area contributed by atoms with Crippen LogP contribution in [0.15, 0.2) is 86.8 Å². The molecule has 2 aromatic carbocycles. The van der Waals surface area contributed by atoms with Crippen LogP contribution in [0.2, 0.25) is 0 Å². The summed E-state index contributed by atoms with van der Waals surface area (Å²) < 4.78 is 86.1. The topological polar surface area (TPSA) is 153 Å². The molecule has 12 nitrogen and oxygen atoms in total. The number of hydrogen-bond acceptors (Lipinski definition) is 10. The van der Waals surface area contributed by atoms with Crippen molar-refractivity contribution < 1.29 is 36.6 Å². The molecule has 18 heteroatoms. The summed E-state index contributed by atoms with van der Waals surface area (Å²) >= 11 is 0. The van der Waals surface area contributed by atoms with Crippen LogP contribution in [0.1, 0.15) is 48.2 Å². The number of rotatable bonds is 10. The maximum Gasteiger partial charge on any atom is 0.163 e. The minimum absolute atomic E-state index is 0.0960. The Bertz CT molecular complexity index is 1890. The van der Waals surface area contributed by atoms with Crippen LogP contribution >= 0.6 is 0 Å². The molecule has 6 aromatic rings. The zero-order valence-electron chi connectivity index (χ0n) is 26.3. The van der Waals surface area contributed by atoms with Gasteiger partial charge in [0, 0.05) is 35.1 Å². The number of nitrogens with zero attached hydrogens (tertiary/aromatic N) is 10. The van der Waals surface area contributed by atoms with Crippen LogP contribution in [0.25, 0.3) is 0 Å². The van der Waals surface area contributed by atoms with E-state index in [1.165, 1.54) is 48.5 Å². The van der Waals surface area contributed by atoms with Crippen molar-refractivity contribution in [2.45, 2.75) is 50.0 Å². The van der Waals surface area contributed by atoms with Crippen LogP contribution in [-0.4, -0.2) is 59.7 Å². The summed E-state index contributed by atoms with van der Waals surface area (Å²) in [6.07, 6.45) is 9.32. The summed E-state index contributed by atoms with van der Waals surface area (Å²) in [5.74, 6) is -6.94. The number of benzene rings is 2. The highest BCUT2D eigenvalue weighted by Crippen LogP contribution is 2.41. The molecule has 50 heavy (non-hydrogen) atoms. The van der Waals surface area contributed by atoms with Gasteiger partial charge in [-0.2, -0.15) is 10.2 Å². The first kappa shape index (κ1) is 35.7. The molecule has 0 spiro atoms. The zero-order chi connectivity index (χ0) is 36.1. The Morgan fingerprint density at radius 2 is 0.980 bits per heavy atom. The molecule has 0 saturated heterocycles. The van der Waals surface area contributed by atoms with E-state index in [-0.39, 0.29) is 35.6 Å². The first-order valence-electron chi connectivity index (χ1n) is 14.7. The van der Waals surface area contributed by atoms with Gasteiger partial charge in [0.25, 0.3) is 0 Å². The van der Waals surface area contributed by atoms with Crippen LogP contribution < -0.4 is 0 Å². The van der Waals surface area contributed by atoms with Crippen molar-refractivity contribution in [1.82, 2.24) is 49.5 Å². The fraction of sp³-hybridized carbons (Fsp3) is 0.250. The Labute approximate surface area is 280 Å². The van der Waals surface area contributed by atoms with Crippen molar-refractivity contribution in [2.75, 3.05) is 0 Å². The Kier molecular flexibility index (Phi) is 10.6. The van der Waals surface area contributed by atoms with E-state index in [4.69, 9.17) is 0 Å². The van der Waals surface area contributed by atoms with E-state index in [9.17, 15) is 36.6 Å². The van der Waals surface area contributed by atoms with Gasteiger partial charge in [-0.3, -0.25) is 0 Å². The summed E-state index contributed by atoms with van der Waals surface area (Å²) in [6.45, 7) is 2.51. The minimum Gasteiger partial charge on any atom is -0.382 e. The molecule has 260 valence electrons. The monoisotopic (exact) mass is 698 g/mol. The summed E-state index contributed by atoms with van der Waals surface area (Å²) in [5, 5.41) is 30.4. The predicted octanol–water partition coefficient (Wildman–Crippen LogP) is 4.35. The molecule has 0 aliphatic heterocycles. The predicted molar refractivity (Wildman–Crippen MR) is 161 cm³/mol. The lowest BCUT2D eigenvalue weighted by molar-refractivity contribution is -0.0137. The lowest BCUT2D eigenvalue weighted by Crippen LogP contribution is -2.39. The number of halogens is 6. The lowest BCUT2D eigenvalue weighted by atomic mass is 9.79. The van der Waals surface area contributed by atoms with Crippen LogP contribution in [0.3, 0.4) is 0 Å². The Balaban J connectivity index is 0.000000194. The van der Waals surface area contributed by atoms with Gasteiger partial charge in [-0.05, 0) is 12.1 Å².